The molecular formula is C15H20N2O4. The Morgan fingerprint density at radius 1 is 1.29 bits per heavy atom. The molecule has 6 nitrogen and oxygen atoms in total. The fourth-order valence-corrected chi connectivity index (χ4v) is 2.57. The number of hydrogen-bond donors (Lipinski definition) is 2. The number of carboxylic acid groups (broad SMARTS) is 1. The van der Waals surface area contributed by atoms with Gasteiger partial charge in [-0.2, -0.15) is 0 Å². The maximum atomic E-state index is 12.6. The van der Waals surface area contributed by atoms with E-state index in [1.807, 2.05) is 6.07 Å². The van der Waals surface area contributed by atoms with E-state index >= 15 is 0 Å². The number of likely N-dealkylation sites (tertiary alicyclic amines) is 1. The number of carboxylic acids is 1. The zero-order valence-electron chi connectivity index (χ0n) is 11.8. The van der Waals surface area contributed by atoms with Gasteiger partial charge >= 0.3 is 12.0 Å². The Morgan fingerprint density at radius 2 is 2.00 bits per heavy atom. The van der Waals surface area contributed by atoms with Crippen LogP contribution in [-0.2, 0) is 4.79 Å². The van der Waals surface area contributed by atoms with Crippen LogP contribution in [0.1, 0.15) is 12.8 Å². The quantitative estimate of drug-likeness (QED) is 0.879. The van der Waals surface area contributed by atoms with Gasteiger partial charge < -0.3 is 15.1 Å². The number of benzene rings is 1. The topological polar surface area (TPSA) is 81.1 Å². The summed E-state index contributed by atoms with van der Waals surface area (Å²) in [5, 5.41) is 18.3. The molecule has 1 aromatic rings. The summed E-state index contributed by atoms with van der Waals surface area (Å²) < 4.78 is 0. The van der Waals surface area contributed by atoms with Gasteiger partial charge in [0.05, 0.1) is 0 Å². The molecule has 6 heteroatoms. The van der Waals surface area contributed by atoms with Gasteiger partial charge in [-0.15, -0.1) is 0 Å². The number of amides is 2. The van der Waals surface area contributed by atoms with Crippen molar-refractivity contribution >= 4 is 17.7 Å². The van der Waals surface area contributed by atoms with E-state index in [2.05, 4.69) is 0 Å². The monoisotopic (exact) mass is 292 g/mol. The first-order chi connectivity index (χ1) is 10.1. The molecule has 1 aliphatic rings. The molecule has 1 fully saturated rings. The van der Waals surface area contributed by atoms with E-state index in [-0.39, 0.29) is 25.1 Å². The van der Waals surface area contributed by atoms with Gasteiger partial charge in [0.25, 0.3) is 0 Å². The van der Waals surface area contributed by atoms with Gasteiger partial charge in [0.15, 0.2) is 0 Å². The van der Waals surface area contributed by atoms with Crippen molar-refractivity contribution in [2.45, 2.75) is 12.8 Å². The summed E-state index contributed by atoms with van der Waals surface area (Å²) in [5.74, 6) is -0.979. The molecule has 1 unspecified atom stereocenters. The Balaban J connectivity index is 2.16. The number of para-hydroxylation sites is 1. The Morgan fingerprint density at radius 3 is 2.62 bits per heavy atom. The highest BCUT2D eigenvalue weighted by Gasteiger charge is 2.28. The molecule has 1 aromatic carbocycles. The molecule has 21 heavy (non-hydrogen) atoms. The lowest BCUT2D eigenvalue weighted by Gasteiger charge is -2.35. The van der Waals surface area contributed by atoms with Gasteiger partial charge in [0, 0.05) is 25.4 Å². The van der Waals surface area contributed by atoms with Gasteiger partial charge in [-0.3, -0.25) is 9.69 Å². The average molecular weight is 292 g/mol. The number of aliphatic hydroxyl groups is 1. The highest BCUT2D eigenvalue weighted by atomic mass is 16.4. The van der Waals surface area contributed by atoms with Crippen LogP contribution in [0.3, 0.4) is 0 Å². The van der Waals surface area contributed by atoms with E-state index < -0.39 is 5.97 Å². The van der Waals surface area contributed by atoms with E-state index in [0.717, 1.165) is 12.8 Å². The predicted molar refractivity (Wildman–Crippen MR) is 78.2 cm³/mol. The number of nitrogens with zero attached hydrogens (tertiary/aromatic N) is 2. The van der Waals surface area contributed by atoms with Crippen molar-refractivity contribution in [1.29, 1.82) is 0 Å². The average Bonchev–Trinajstić information content (AvgIpc) is 2.52. The van der Waals surface area contributed by atoms with Crippen LogP contribution in [0, 0.1) is 5.92 Å². The lowest BCUT2D eigenvalue weighted by atomic mass is 9.99. The number of rotatable bonds is 4. The molecule has 0 aromatic heterocycles. The number of carbonyl (C=O) groups excluding carboxylic acids is 1. The largest absolute Gasteiger partial charge is 0.480 e. The number of anilines is 1. The van der Waals surface area contributed by atoms with E-state index in [1.54, 1.807) is 29.2 Å². The predicted octanol–water partition coefficient (Wildman–Crippen LogP) is 1.40. The summed E-state index contributed by atoms with van der Waals surface area (Å²) in [5.41, 5.74) is 0.566. The molecule has 1 heterocycles. The molecule has 0 radical (unpaired) electrons. The van der Waals surface area contributed by atoms with Crippen LogP contribution >= 0.6 is 0 Å². The zero-order valence-corrected chi connectivity index (χ0v) is 11.8. The van der Waals surface area contributed by atoms with Crippen molar-refractivity contribution in [3.63, 3.8) is 0 Å². The second-order valence-electron chi connectivity index (χ2n) is 5.23. The summed E-state index contributed by atoms with van der Waals surface area (Å²) in [6.45, 7) is 0.744. The molecule has 114 valence electrons. The lowest BCUT2D eigenvalue weighted by molar-refractivity contribution is -0.135. The van der Waals surface area contributed by atoms with Gasteiger partial charge in [-0.05, 0) is 30.9 Å². The highest BCUT2D eigenvalue weighted by Crippen LogP contribution is 2.20. The van der Waals surface area contributed by atoms with Gasteiger partial charge in [0.2, 0.25) is 0 Å². The molecule has 2 rings (SSSR count). The second kappa shape index (κ2) is 7.08. The van der Waals surface area contributed by atoms with Gasteiger partial charge in [-0.1, -0.05) is 18.2 Å². The van der Waals surface area contributed by atoms with Crippen molar-refractivity contribution in [2.75, 3.05) is 31.1 Å². The minimum absolute atomic E-state index is 0.0497. The van der Waals surface area contributed by atoms with Crippen molar-refractivity contribution < 1.29 is 19.8 Å². The van der Waals surface area contributed by atoms with Crippen LogP contribution in [0.15, 0.2) is 30.3 Å². The summed E-state index contributed by atoms with van der Waals surface area (Å²) in [4.78, 5) is 26.5. The lowest BCUT2D eigenvalue weighted by Crippen LogP contribution is -2.49. The molecule has 2 amide bonds. The van der Waals surface area contributed by atoms with E-state index in [4.69, 9.17) is 5.11 Å². The van der Waals surface area contributed by atoms with Crippen molar-refractivity contribution in [2.24, 2.45) is 5.92 Å². The van der Waals surface area contributed by atoms with Crippen LogP contribution < -0.4 is 4.90 Å². The first-order valence-electron chi connectivity index (χ1n) is 7.06. The van der Waals surface area contributed by atoms with Crippen molar-refractivity contribution in [3.8, 4) is 0 Å². The van der Waals surface area contributed by atoms with Crippen LogP contribution in [0.2, 0.25) is 0 Å². The first kappa shape index (κ1) is 15.3. The third-order valence-electron chi connectivity index (χ3n) is 3.64. The summed E-state index contributed by atoms with van der Waals surface area (Å²) in [7, 11) is 0. The normalized spacial score (nSPS) is 18.3. The van der Waals surface area contributed by atoms with Gasteiger partial charge in [0.1, 0.15) is 6.54 Å². The minimum Gasteiger partial charge on any atom is -0.480 e. The van der Waals surface area contributed by atoms with Crippen molar-refractivity contribution in [3.05, 3.63) is 30.3 Å². The third-order valence-corrected chi connectivity index (χ3v) is 3.64. The SMILES string of the molecule is O=C(O)CN(C(=O)N1CCCC(CO)C1)c1ccccc1. The van der Waals surface area contributed by atoms with Crippen LogP contribution in [0.5, 0.6) is 0 Å². The van der Waals surface area contributed by atoms with E-state index in [0.29, 0.717) is 18.8 Å². The van der Waals surface area contributed by atoms with Crippen LogP contribution in [-0.4, -0.2) is 53.4 Å². The number of hydrogen-bond acceptors (Lipinski definition) is 3. The van der Waals surface area contributed by atoms with E-state index in [1.165, 1.54) is 4.90 Å². The molecule has 1 saturated heterocycles. The Labute approximate surface area is 123 Å². The summed E-state index contributed by atoms with van der Waals surface area (Å²) >= 11 is 0. The standard InChI is InChI=1S/C15H20N2O4/c18-11-12-5-4-8-16(9-12)15(21)17(10-14(19)20)13-6-2-1-3-7-13/h1-3,6-7,12,18H,4-5,8-11H2,(H,19,20). The maximum absolute atomic E-state index is 12.6. The molecule has 0 saturated carbocycles. The Bertz CT molecular complexity index is 492. The molecular weight excluding hydrogens is 272 g/mol. The smallest absolute Gasteiger partial charge is 0.325 e. The third kappa shape index (κ3) is 3.95. The summed E-state index contributed by atoms with van der Waals surface area (Å²) in [6, 6.07) is 8.47. The number of piperidine rings is 1. The number of urea groups is 1. The Hall–Kier alpha value is -2.08. The molecule has 0 aliphatic carbocycles. The number of aliphatic carboxylic acids is 1. The molecule has 1 aliphatic heterocycles. The fraction of sp³-hybridized carbons (Fsp3) is 0.467. The van der Waals surface area contributed by atoms with E-state index in [9.17, 15) is 14.7 Å². The molecule has 0 spiro atoms. The maximum Gasteiger partial charge on any atom is 0.325 e. The summed E-state index contributed by atoms with van der Waals surface area (Å²) in [6.07, 6.45) is 1.72. The Kier molecular flexibility index (Phi) is 5.16. The van der Waals surface area contributed by atoms with Crippen molar-refractivity contribution in [1.82, 2.24) is 4.90 Å². The van der Waals surface area contributed by atoms with Crippen LogP contribution in [0.25, 0.3) is 0 Å². The fourth-order valence-electron chi connectivity index (χ4n) is 2.57. The zero-order chi connectivity index (χ0) is 15.2. The molecule has 1 atom stereocenters. The number of aliphatic hydroxyl groups excluding tert-OH is 1. The second-order valence-corrected chi connectivity index (χ2v) is 5.23. The first-order valence-corrected chi connectivity index (χ1v) is 7.06. The molecule has 0 bridgehead atoms. The highest BCUT2D eigenvalue weighted by molar-refractivity contribution is 5.96. The molecule has 2 N–H and O–H groups in total. The van der Waals surface area contributed by atoms with Crippen LogP contribution in [0.4, 0.5) is 10.5 Å². The number of carbonyl (C=O) groups is 2. The minimum atomic E-state index is -1.05. The van der Waals surface area contributed by atoms with Gasteiger partial charge in [-0.25, -0.2) is 4.79 Å².